The fourth-order valence-electron chi connectivity index (χ4n) is 2.81. The fraction of sp³-hybridized carbons (Fsp3) is 0.300. The third-order valence-electron chi connectivity index (χ3n) is 4.31. The van der Waals surface area contributed by atoms with Crippen LogP contribution in [-0.2, 0) is 16.1 Å². The highest BCUT2D eigenvalue weighted by molar-refractivity contribution is 8.00. The van der Waals surface area contributed by atoms with E-state index in [2.05, 4.69) is 4.98 Å². The molecular formula is C20H21N3O5S. The smallest absolute Gasteiger partial charge is 0.337 e. The molecule has 1 amide bonds. The summed E-state index contributed by atoms with van der Waals surface area (Å²) in [7, 11) is 4.63. The van der Waals surface area contributed by atoms with Gasteiger partial charge in [-0.2, -0.15) is 0 Å². The SMILES string of the molecule is COC(=O)c1ccc2c(=O)n(Cc3ccco3)c(S[C@@H](C)C(=O)N(C)C)nc2c1. The van der Waals surface area contributed by atoms with E-state index in [0.29, 0.717) is 27.4 Å². The van der Waals surface area contributed by atoms with Crippen molar-refractivity contribution in [3.05, 3.63) is 58.3 Å². The van der Waals surface area contributed by atoms with Crippen LogP contribution in [0.2, 0.25) is 0 Å². The second-order valence-corrected chi connectivity index (χ2v) is 7.89. The lowest BCUT2D eigenvalue weighted by Crippen LogP contribution is -2.31. The number of hydrogen-bond acceptors (Lipinski definition) is 7. The second kappa shape index (κ2) is 8.52. The molecule has 0 unspecified atom stereocenters. The van der Waals surface area contributed by atoms with Gasteiger partial charge in [-0.25, -0.2) is 9.78 Å². The largest absolute Gasteiger partial charge is 0.467 e. The molecule has 3 rings (SSSR count). The van der Waals surface area contributed by atoms with Crippen LogP contribution in [0.4, 0.5) is 0 Å². The van der Waals surface area contributed by atoms with E-state index < -0.39 is 11.2 Å². The van der Waals surface area contributed by atoms with Gasteiger partial charge in [0.2, 0.25) is 5.91 Å². The molecule has 1 atom stereocenters. The molecule has 0 N–H and O–H groups in total. The van der Waals surface area contributed by atoms with Gasteiger partial charge >= 0.3 is 5.97 Å². The van der Waals surface area contributed by atoms with Crippen molar-refractivity contribution in [1.82, 2.24) is 14.5 Å². The van der Waals surface area contributed by atoms with Gasteiger partial charge in [-0.1, -0.05) is 11.8 Å². The van der Waals surface area contributed by atoms with Crippen molar-refractivity contribution in [2.45, 2.75) is 23.9 Å². The minimum atomic E-state index is -0.515. The first-order valence-corrected chi connectivity index (χ1v) is 9.73. The summed E-state index contributed by atoms with van der Waals surface area (Å²) in [6.45, 7) is 1.93. The average Bonchev–Trinajstić information content (AvgIpc) is 3.22. The summed E-state index contributed by atoms with van der Waals surface area (Å²) >= 11 is 1.18. The van der Waals surface area contributed by atoms with E-state index in [9.17, 15) is 14.4 Å². The molecule has 8 nitrogen and oxygen atoms in total. The van der Waals surface area contributed by atoms with Gasteiger partial charge in [0.1, 0.15) is 5.76 Å². The van der Waals surface area contributed by atoms with E-state index in [1.165, 1.54) is 46.7 Å². The Morgan fingerprint density at radius 1 is 1.31 bits per heavy atom. The summed E-state index contributed by atoms with van der Waals surface area (Å²) in [5.41, 5.74) is 0.375. The number of carbonyl (C=O) groups excluding carboxylic acids is 2. The van der Waals surface area contributed by atoms with Crippen LogP contribution in [-0.4, -0.2) is 52.8 Å². The molecule has 0 saturated carbocycles. The Morgan fingerprint density at radius 3 is 2.69 bits per heavy atom. The number of amides is 1. The summed E-state index contributed by atoms with van der Waals surface area (Å²) in [5, 5.41) is 0.268. The van der Waals surface area contributed by atoms with E-state index >= 15 is 0 Å². The number of nitrogens with zero attached hydrogens (tertiary/aromatic N) is 3. The molecule has 2 aromatic heterocycles. The normalized spacial score (nSPS) is 12.0. The Balaban J connectivity index is 2.13. The standard InChI is InChI=1S/C20H21N3O5S/c1-12(17(24)22(2)3)29-20-21-16-10-13(19(26)27-4)7-8-15(16)18(25)23(20)11-14-6-5-9-28-14/h5-10,12H,11H2,1-4H3/t12-/m0/s1. The number of furan rings is 1. The lowest BCUT2D eigenvalue weighted by Gasteiger charge is -2.18. The molecule has 1 aromatic carbocycles. The first-order valence-electron chi connectivity index (χ1n) is 8.85. The molecule has 9 heteroatoms. The van der Waals surface area contributed by atoms with Crippen molar-refractivity contribution in [3.8, 4) is 0 Å². The van der Waals surface area contributed by atoms with Crippen LogP contribution >= 0.6 is 11.8 Å². The Kier molecular flexibility index (Phi) is 6.07. The lowest BCUT2D eigenvalue weighted by atomic mass is 10.1. The number of thioether (sulfide) groups is 1. The molecule has 0 saturated heterocycles. The highest BCUT2D eigenvalue weighted by Crippen LogP contribution is 2.25. The van der Waals surface area contributed by atoms with Crippen molar-refractivity contribution in [1.29, 1.82) is 0 Å². The summed E-state index contributed by atoms with van der Waals surface area (Å²) in [6, 6.07) is 8.10. The van der Waals surface area contributed by atoms with Crippen LogP contribution < -0.4 is 5.56 Å². The maximum absolute atomic E-state index is 13.2. The Morgan fingerprint density at radius 2 is 2.07 bits per heavy atom. The molecular weight excluding hydrogens is 394 g/mol. The molecule has 0 aliphatic heterocycles. The first kappa shape index (κ1) is 20.7. The zero-order chi connectivity index (χ0) is 21.1. The van der Waals surface area contributed by atoms with Crippen LogP contribution in [0.25, 0.3) is 10.9 Å². The van der Waals surface area contributed by atoms with Crippen LogP contribution in [0.15, 0.2) is 51.0 Å². The third-order valence-corrected chi connectivity index (χ3v) is 5.38. The van der Waals surface area contributed by atoms with Crippen LogP contribution in [0, 0.1) is 0 Å². The van der Waals surface area contributed by atoms with Gasteiger partial charge in [0.25, 0.3) is 5.56 Å². The van der Waals surface area contributed by atoms with Crippen molar-refractivity contribution >= 4 is 34.5 Å². The van der Waals surface area contributed by atoms with Gasteiger partial charge in [0, 0.05) is 14.1 Å². The summed E-state index contributed by atoms with van der Waals surface area (Å²) in [6.07, 6.45) is 1.53. The van der Waals surface area contributed by atoms with E-state index in [1.54, 1.807) is 39.2 Å². The molecule has 152 valence electrons. The van der Waals surface area contributed by atoms with Crippen molar-refractivity contribution in [3.63, 3.8) is 0 Å². The quantitative estimate of drug-likeness (QED) is 0.347. The minimum absolute atomic E-state index is 0.0998. The average molecular weight is 415 g/mol. The van der Waals surface area contributed by atoms with Crippen molar-refractivity contribution < 1.29 is 18.7 Å². The van der Waals surface area contributed by atoms with E-state index in [0.717, 1.165) is 0 Å². The van der Waals surface area contributed by atoms with Gasteiger partial charge in [0.05, 0.1) is 41.6 Å². The number of benzene rings is 1. The predicted molar refractivity (Wildman–Crippen MR) is 109 cm³/mol. The Labute approximate surface area is 171 Å². The molecule has 0 radical (unpaired) electrons. The number of aromatic nitrogens is 2. The number of hydrogen-bond donors (Lipinski definition) is 0. The molecule has 0 aliphatic rings. The Bertz CT molecular complexity index is 1110. The topological polar surface area (TPSA) is 94.6 Å². The number of ether oxygens (including phenoxy) is 1. The predicted octanol–water partition coefficient (Wildman–Crippen LogP) is 2.39. The van der Waals surface area contributed by atoms with Gasteiger partial charge in [0.15, 0.2) is 5.16 Å². The van der Waals surface area contributed by atoms with E-state index in [1.807, 2.05) is 0 Å². The maximum Gasteiger partial charge on any atom is 0.337 e. The number of methoxy groups -OCH3 is 1. The van der Waals surface area contributed by atoms with Gasteiger partial charge < -0.3 is 14.1 Å². The van der Waals surface area contributed by atoms with Crippen LogP contribution in [0.3, 0.4) is 0 Å². The summed E-state index contributed by atoms with van der Waals surface area (Å²) in [4.78, 5) is 43.4. The number of esters is 1. The molecule has 2 heterocycles. The number of fused-ring (bicyclic) bond motifs is 1. The zero-order valence-electron chi connectivity index (χ0n) is 16.5. The summed E-state index contributed by atoms with van der Waals surface area (Å²) in [5.74, 6) is -0.0242. The lowest BCUT2D eigenvalue weighted by molar-refractivity contribution is -0.127. The van der Waals surface area contributed by atoms with Gasteiger partial charge in [-0.15, -0.1) is 0 Å². The van der Waals surface area contributed by atoms with Crippen LogP contribution in [0.5, 0.6) is 0 Å². The fourth-order valence-corrected chi connectivity index (χ4v) is 3.86. The Hall–Kier alpha value is -3.07. The maximum atomic E-state index is 13.2. The molecule has 0 bridgehead atoms. The van der Waals surface area contributed by atoms with E-state index in [4.69, 9.17) is 9.15 Å². The molecule has 0 spiro atoms. The van der Waals surface area contributed by atoms with Crippen molar-refractivity contribution in [2.24, 2.45) is 0 Å². The monoisotopic (exact) mass is 415 g/mol. The van der Waals surface area contributed by atoms with Gasteiger partial charge in [-0.05, 0) is 37.3 Å². The number of carbonyl (C=O) groups is 2. The molecule has 0 aliphatic carbocycles. The van der Waals surface area contributed by atoms with E-state index in [-0.39, 0.29) is 18.0 Å². The third kappa shape index (κ3) is 4.34. The highest BCUT2D eigenvalue weighted by atomic mass is 32.2. The second-order valence-electron chi connectivity index (χ2n) is 6.58. The van der Waals surface area contributed by atoms with Crippen molar-refractivity contribution in [2.75, 3.05) is 21.2 Å². The van der Waals surface area contributed by atoms with Gasteiger partial charge in [-0.3, -0.25) is 14.2 Å². The van der Waals surface area contributed by atoms with Crippen LogP contribution in [0.1, 0.15) is 23.0 Å². The first-order chi connectivity index (χ1) is 13.8. The molecule has 0 fully saturated rings. The minimum Gasteiger partial charge on any atom is -0.467 e. The molecule has 29 heavy (non-hydrogen) atoms. The highest BCUT2D eigenvalue weighted by Gasteiger charge is 2.21. The summed E-state index contributed by atoms with van der Waals surface area (Å²) < 4.78 is 11.6. The zero-order valence-corrected chi connectivity index (χ0v) is 17.4. The molecule has 3 aromatic rings. The number of rotatable bonds is 6.